The minimum absolute atomic E-state index is 0.467. The monoisotopic (exact) mass is 187 g/mol. The molecule has 0 aromatic carbocycles. The van der Waals surface area contributed by atoms with E-state index in [2.05, 4.69) is 4.98 Å². The molecule has 0 aliphatic heterocycles. The summed E-state index contributed by atoms with van der Waals surface area (Å²) < 4.78 is 10.1. The molecule has 0 atom stereocenters. The third kappa shape index (κ3) is 3.07. The smallest absolute Gasteiger partial charge is 0.137 e. The average Bonchev–Trinajstić information content (AvgIpc) is 2.09. The Morgan fingerprint density at radius 3 is 2.83 bits per heavy atom. The highest BCUT2D eigenvalue weighted by molar-refractivity contribution is 6.29. The van der Waals surface area contributed by atoms with E-state index in [9.17, 15) is 0 Å². The van der Waals surface area contributed by atoms with E-state index in [4.69, 9.17) is 21.1 Å². The number of hydrogen-bond donors (Lipinski definition) is 0. The van der Waals surface area contributed by atoms with Gasteiger partial charge in [-0.1, -0.05) is 11.6 Å². The summed E-state index contributed by atoms with van der Waals surface area (Å²) in [5, 5.41) is 0.467. The van der Waals surface area contributed by atoms with Gasteiger partial charge in [-0.3, -0.25) is 0 Å². The molecule has 0 saturated heterocycles. The number of methoxy groups -OCH3 is 1. The number of aromatic nitrogens is 1. The van der Waals surface area contributed by atoms with Crippen molar-refractivity contribution in [3.05, 3.63) is 23.5 Å². The number of hydrogen-bond acceptors (Lipinski definition) is 3. The average molecular weight is 188 g/mol. The van der Waals surface area contributed by atoms with E-state index >= 15 is 0 Å². The lowest BCUT2D eigenvalue weighted by atomic mass is 10.5. The second-order valence-corrected chi connectivity index (χ2v) is 2.55. The van der Waals surface area contributed by atoms with Crippen LogP contribution in [0.25, 0.3) is 0 Å². The quantitative estimate of drug-likeness (QED) is 0.532. The second kappa shape index (κ2) is 4.95. The summed E-state index contributed by atoms with van der Waals surface area (Å²) >= 11 is 5.58. The predicted molar refractivity (Wildman–Crippen MR) is 46.6 cm³/mol. The molecule has 1 aromatic heterocycles. The molecular formula is C8H10ClNO2. The second-order valence-electron chi connectivity index (χ2n) is 2.16. The van der Waals surface area contributed by atoms with Crippen LogP contribution < -0.4 is 4.74 Å². The minimum Gasteiger partial charge on any atom is -0.490 e. The van der Waals surface area contributed by atoms with Crippen LogP contribution in [0.5, 0.6) is 5.75 Å². The topological polar surface area (TPSA) is 31.4 Å². The first-order chi connectivity index (χ1) is 5.83. The Bertz CT molecular complexity index is 225. The Balaban J connectivity index is 2.37. The molecule has 0 bridgehead atoms. The fourth-order valence-electron chi connectivity index (χ4n) is 0.690. The Morgan fingerprint density at radius 2 is 2.25 bits per heavy atom. The van der Waals surface area contributed by atoms with Gasteiger partial charge in [0.15, 0.2) is 0 Å². The van der Waals surface area contributed by atoms with Crippen LogP contribution in [0.15, 0.2) is 18.3 Å². The van der Waals surface area contributed by atoms with Gasteiger partial charge in [-0.2, -0.15) is 0 Å². The first kappa shape index (κ1) is 9.29. The van der Waals surface area contributed by atoms with Gasteiger partial charge in [0.25, 0.3) is 0 Å². The van der Waals surface area contributed by atoms with Crippen LogP contribution in [0, 0.1) is 0 Å². The van der Waals surface area contributed by atoms with Gasteiger partial charge in [0, 0.05) is 7.11 Å². The van der Waals surface area contributed by atoms with Crippen LogP contribution in [0.3, 0.4) is 0 Å². The third-order valence-electron chi connectivity index (χ3n) is 1.26. The molecule has 0 radical (unpaired) electrons. The molecule has 4 heteroatoms. The van der Waals surface area contributed by atoms with Crippen molar-refractivity contribution in [3.63, 3.8) is 0 Å². The van der Waals surface area contributed by atoms with Crippen LogP contribution in [-0.4, -0.2) is 25.3 Å². The van der Waals surface area contributed by atoms with Crippen LogP contribution in [0.4, 0.5) is 0 Å². The molecule has 0 aliphatic carbocycles. The van der Waals surface area contributed by atoms with E-state index in [1.54, 1.807) is 25.4 Å². The van der Waals surface area contributed by atoms with E-state index in [-0.39, 0.29) is 0 Å². The normalized spacial score (nSPS) is 9.83. The van der Waals surface area contributed by atoms with Crippen molar-refractivity contribution < 1.29 is 9.47 Å². The zero-order valence-electron chi connectivity index (χ0n) is 6.79. The summed E-state index contributed by atoms with van der Waals surface area (Å²) in [7, 11) is 1.63. The van der Waals surface area contributed by atoms with Crippen molar-refractivity contribution in [2.24, 2.45) is 0 Å². The standard InChI is InChI=1S/C8H10ClNO2/c1-11-4-5-12-7-2-3-8(9)10-6-7/h2-3,6H,4-5H2,1H3. The molecule has 0 fully saturated rings. The summed E-state index contributed by atoms with van der Waals surface area (Å²) in [6.45, 7) is 1.10. The van der Waals surface area contributed by atoms with E-state index < -0.39 is 0 Å². The summed E-state index contributed by atoms with van der Waals surface area (Å²) in [6, 6.07) is 3.45. The van der Waals surface area contributed by atoms with Crippen LogP contribution in [0.2, 0.25) is 5.15 Å². The lowest BCUT2D eigenvalue weighted by Gasteiger charge is -2.03. The van der Waals surface area contributed by atoms with Gasteiger partial charge in [0.05, 0.1) is 12.8 Å². The van der Waals surface area contributed by atoms with Crippen molar-refractivity contribution in [1.82, 2.24) is 4.98 Å². The lowest BCUT2D eigenvalue weighted by Crippen LogP contribution is -2.04. The van der Waals surface area contributed by atoms with Gasteiger partial charge < -0.3 is 9.47 Å². The third-order valence-corrected chi connectivity index (χ3v) is 1.48. The molecule has 3 nitrogen and oxygen atoms in total. The molecule has 12 heavy (non-hydrogen) atoms. The van der Waals surface area contributed by atoms with Crippen LogP contribution in [0.1, 0.15) is 0 Å². The molecular weight excluding hydrogens is 178 g/mol. The van der Waals surface area contributed by atoms with Crippen LogP contribution in [-0.2, 0) is 4.74 Å². The van der Waals surface area contributed by atoms with Gasteiger partial charge in [0.2, 0.25) is 0 Å². The van der Waals surface area contributed by atoms with Gasteiger partial charge in [-0.25, -0.2) is 4.98 Å². The van der Waals surface area contributed by atoms with Crippen molar-refractivity contribution in [2.45, 2.75) is 0 Å². The Hall–Kier alpha value is -0.800. The maximum Gasteiger partial charge on any atom is 0.137 e. The Labute approximate surface area is 76.3 Å². The maximum atomic E-state index is 5.58. The zero-order valence-corrected chi connectivity index (χ0v) is 7.54. The number of pyridine rings is 1. The molecule has 0 spiro atoms. The molecule has 0 saturated carbocycles. The van der Waals surface area contributed by atoms with Crippen LogP contribution >= 0.6 is 11.6 Å². The molecule has 0 N–H and O–H groups in total. The molecule has 0 unspecified atom stereocenters. The number of nitrogens with zero attached hydrogens (tertiary/aromatic N) is 1. The molecule has 1 heterocycles. The van der Waals surface area contributed by atoms with E-state index in [0.717, 1.165) is 0 Å². The lowest BCUT2D eigenvalue weighted by molar-refractivity contribution is 0.146. The first-order valence-corrected chi connectivity index (χ1v) is 3.94. The SMILES string of the molecule is COCCOc1ccc(Cl)nc1. The fraction of sp³-hybridized carbons (Fsp3) is 0.375. The first-order valence-electron chi connectivity index (χ1n) is 3.56. The van der Waals surface area contributed by atoms with Crippen molar-refractivity contribution in [2.75, 3.05) is 20.3 Å². The van der Waals surface area contributed by atoms with Crippen molar-refractivity contribution >= 4 is 11.6 Å². The summed E-state index contributed by atoms with van der Waals surface area (Å²) in [5.74, 6) is 0.705. The molecule has 1 aromatic rings. The van der Waals surface area contributed by atoms with Gasteiger partial charge >= 0.3 is 0 Å². The zero-order chi connectivity index (χ0) is 8.81. The van der Waals surface area contributed by atoms with Crippen molar-refractivity contribution in [1.29, 1.82) is 0 Å². The van der Waals surface area contributed by atoms with E-state index in [1.165, 1.54) is 0 Å². The largest absolute Gasteiger partial charge is 0.490 e. The van der Waals surface area contributed by atoms with Gasteiger partial charge in [-0.15, -0.1) is 0 Å². The highest BCUT2D eigenvalue weighted by Gasteiger charge is 1.93. The van der Waals surface area contributed by atoms with Crippen molar-refractivity contribution in [3.8, 4) is 5.75 Å². The highest BCUT2D eigenvalue weighted by Crippen LogP contribution is 2.11. The molecule has 0 aliphatic rings. The number of halogens is 1. The number of rotatable bonds is 4. The molecule has 66 valence electrons. The summed E-state index contributed by atoms with van der Waals surface area (Å²) in [5.41, 5.74) is 0. The van der Waals surface area contributed by atoms with E-state index in [0.29, 0.717) is 24.1 Å². The predicted octanol–water partition coefficient (Wildman–Crippen LogP) is 1.76. The Morgan fingerprint density at radius 1 is 1.42 bits per heavy atom. The van der Waals surface area contributed by atoms with Gasteiger partial charge in [-0.05, 0) is 12.1 Å². The summed E-state index contributed by atoms with van der Waals surface area (Å²) in [4.78, 5) is 3.86. The van der Waals surface area contributed by atoms with Gasteiger partial charge in [0.1, 0.15) is 17.5 Å². The molecule has 1 rings (SSSR count). The molecule has 0 amide bonds. The van der Waals surface area contributed by atoms with E-state index in [1.807, 2.05) is 0 Å². The fourth-order valence-corrected chi connectivity index (χ4v) is 0.802. The number of ether oxygens (including phenoxy) is 2. The minimum atomic E-state index is 0.467. The Kier molecular flexibility index (Phi) is 3.84. The maximum absolute atomic E-state index is 5.58. The highest BCUT2D eigenvalue weighted by atomic mass is 35.5. The summed E-state index contributed by atoms with van der Waals surface area (Å²) in [6.07, 6.45) is 1.58.